The third-order valence-electron chi connectivity index (χ3n) is 5.28. The third kappa shape index (κ3) is 4.15. The Hall–Kier alpha value is -1.60. The number of hydrogen-bond donors (Lipinski definition) is 1. The summed E-state index contributed by atoms with van der Waals surface area (Å²) in [6.07, 6.45) is 0.804. The standard InChI is InChI=1S/C18H26N2O4S/c1-18(2,22)15-6-7-20(13-15)17(21)14-4-3-5-16(12-14)19-8-10-25(23,24)11-9-19/h3-5,12,15,22H,6-11,13H2,1-2H3/t15-/m1/s1. The van der Waals surface area contributed by atoms with Crippen molar-refractivity contribution in [2.24, 2.45) is 5.92 Å². The van der Waals surface area contributed by atoms with E-state index in [1.54, 1.807) is 24.8 Å². The summed E-state index contributed by atoms with van der Waals surface area (Å²) in [4.78, 5) is 16.6. The highest BCUT2D eigenvalue weighted by molar-refractivity contribution is 7.91. The predicted octanol–water partition coefficient (Wildman–Crippen LogP) is 1.15. The second kappa shape index (κ2) is 6.61. The van der Waals surface area contributed by atoms with Crippen LogP contribution in [0, 0.1) is 5.92 Å². The summed E-state index contributed by atoms with van der Waals surface area (Å²) < 4.78 is 23.2. The minimum atomic E-state index is -2.92. The number of amides is 1. The minimum absolute atomic E-state index is 0.0294. The molecule has 1 aromatic rings. The number of sulfone groups is 1. The van der Waals surface area contributed by atoms with Crippen molar-refractivity contribution in [2.75, 3.05) is 42.6 Å². The van der Waals surface area contributed by atoms with Gasteiger partial charge in [0.05, 0.1) is 17.1 Å². The van der Waals surface area contributed by atoms with Gasteiger partial charge < -0.3 is 14.9 Å². The van der Waals surface area contributed by atoms with Crippen LogP contribution in [-0.4, -0.2) is 67.6 Å². The summed E-state index contributed by atoms with van der Waals surface area (Å²) in [6.45, 7) is 5.72. The smallest absolute Gasteiger partial charge is 0.253 e. The molecule has 2 fully saturated rings. The van der Waals surface area contributed by atoms with E-state index in [-0.39, 0.29) is 23.3 Å². The van der Waals surface area contributed by atoms with Gasteiger partial charge in [-0.25, -0.2) is 8.42 Å². The third-order valence-corrected chi connectivity index (χ3v) is 6.89. The van der Waals surface area contributed by atoms with E-state index in [1.165, 1.54) is 0 Å². The Morgan fingerprint density at radius 3 is 2.48 bits per heavy atom. The maximum atomic E-state index is 12.8. The number of anilines is 1. The Labute approximate surface area is 149 Å². The molecule has 138 valence electrons. The van der Waals surface area contributed by atoms with E-state index in [2.05, 4.69) is 0 Å². The first-order valence-corrected chi connectivity index (χ1v) is 10.5. The van der Waals surface area contributed by atoms with Crippen LogP contribution < -0.4 is 4.90 Å². The van der Waals surface area contributed by atoms with Crippen molar-refractivity contribution < 1.29 is 18.3 Å². The van der Waals surface area contributed by atoms with Crippen LogP contribution >= 0.6 is 0 Å². The first-order valence-electron chi connectivity index (χ1n) is 8.73. The van der Waals surface area contributed by atoms with Gasteiger partial charge in [0.2, 0.25) is 0 Å². The van der Waals surface area contributed by atoms with Crippen molar-refractivity contribution in [3.05, 3.63) is 29.8 Å². The molecule has 2 saturated heterocycles. The predicted molar refractivity (Wildman–Crippen MR) is 97.6 cm³/mol. The molecule has 25 heavy (non-hydrogen) atoms. The van der Waals surface area contributed by atoms with Gasteiger partial charge in [-0.3, -0.25) is 4.79 Å². The number of hydrogen-bond acceptors (Lipinski definition) is 5. The van der Waals surface area contributed by atoms with E-state index in [9.17, 15) is 18.3 Å². The second-order valence-electron chi connectivity index (χ2n) is 7.58. The zero-order valence-electron chi connectivity index (χ0n) is 14.8. The zero-order valence-corrected chi connectivity index (χ0v) is 15.6. The number of aliphatic hydroxyl groups is 1. The van der Waals surface area contributed by atoms with Crippen LogP contribution in [0.1, 0.15) is 30.6 Å². The molecule has 6 nitrogen and oxygen atoms in total. The van der Waals surface area contributed by atoms with Gasteiger partial charge in [-0.1, -0.05) is 6.07 Å². The lowest BCUT2D eigenvalue weighted by Gasteiger charge is -2.29. The molecule has 2 heterocycles. The van der Waals surface area contributed by atoms with Gasteiger partial charge in [0, 0.05) is 43.3 Å². The summed E-state index contributed by atoms with van der Waals surface area (Å²) in [5.74, 6) is 0.375. The molecule has 0 aromatic heterocycles. The number of rotatable bonds is 3. The summed E-state index contributed by atoms with van der Waals surface area (Å²) >= 11 is 0. The fourth-order valence-electron chi connectivity index (χ4n) is 3.51. The molecule has 1 amide bonds. The molecule has 3 rings (SSSR count). The average Bonchev–Trinajstić information content (AvgIpc) is 3.04. The quantitative estimate of drug-likeness (QED) is 0.868. The van der Waals surface area contributed by atoms with Crippen LogP contribution in [0.15, 0.2) is 24.3 Å². The molecule has 0 saturated carbocycles. The highest BCUT2D eigenvalue weighted by Crippen LogP contribution is 2.28. The van der Waals surface area contributed by atoms with Crippen molar-refractivity contribution >= 4 is 21.4 Å². The minimum Gasteiger partial charge on any atom is -0.390 e. The highest BCUT2D eigenvalue weighted by Gasteiger charge is 2.35. The monoisotopic (exact) mass is 366 g/mol. The number of likely N-dealkylation sites (tertiary alicyclic amines) is 1. The van der Waals surface area contributed by atoms with Crippen molar-refractivity contribution in [3.63, 3.8) is 0 Å². The summed E-state index contributed by atoms with van der Waals surface area (Å²) in [7, 11) is -2.92. The Balaban J connectivity index is 1.71. The van der Waals surface area contributed by atoms with Gasteiger partial charge in [0.1, 0.15) is 0 Å². The molecular formula is C18H26N2O4S. The number of nitrogens with zero attached hydrogens (tertiary/aromatic N) is 2. The number of benzene rings is 1. The van der Waals surface area contributed by atoms with E-state index in [0.29, 0.717) is 31.7 Å². The molecule has 1 atom stereocenters. The summed E-state index contributed by atoms with van der Waals surface area (Å²) in [5, 5.41) is 10.2. The van der Waals surface area contributed by atoms with Crippen LogP contribution in [-0.2, 0) is 9.84 Å². The second-order valence-corrected chi connectivity index (χ2v) is 9.88. The lowest BCUT2D eigenvalue weighted by molar-refractivity contribution is 0.0211. The number of carbonyl (C=O) groups excluding carboxylic acids is 1. The molecule has 7 heteroatoms. The van der Waals surface area contributed by atoms with Crippen LogP contribution in [0.25, 0.3) is 0 Å². The van der Waals surface area contributed by atoms with Crippen molar-refractivity contribution in [1.29, 1.82) is 0 Å². The first kappa shape index (κ1) is 18.2. The normalized spacial score (nSPS) is 23.7. The molecule has 0 spiro atoms. The molecule has 1 N–H and O–H groups in total. The Kier molecular flexibility index (Phi) is 4.81. The number of carbonyl (C=O) groups is 1. The van der Waals surface area contributed by atoms with Crippen LogP contribution in [0.4, 0.5) is 5.69 Å². The van der Waals surface area contributed by atoms with Crippen LogP contribution in [0.5, 0.6) is 0 Å². The van der Waals surface area contributed by atoms with E-state index in [0.717, 1.165) is 12.1 Å². The highest BCUT2D eigenvalue weighted by atomic mass is 32.2. The van der Waals surface area contributed by atoms with Gasteiger partial charge in [0.25, 0.3) is 5.91 Å². The van der Waals surface area contributed by atoms with Crippen LogP contribution in [0.2, 0.25) is 0 Å². The Morgan fingerprint density at radius 2 is 1.88 bits per heavy atom. The summed E-state index contributed by atoms with van der Waals surface area (Å²) in [5.41, 5.74) is 0.720. The topological polar surface area (TPSA) is 77.9 Å². The summed E-state index contributed by atoms with van der Waals surface area (Å²) in [6, 6.07) is 7.40. The molecule has 2 aliphatic heterocycles. The van der Waals surface area contributed by atoms with Crippen molar-refractivity contribution in [1.82, 2.24) is 4.90 Å². The van der Waals surface area contributed by atoms with Gasteiger partial charge in [0.15, 0.2) is 9.84 Å². The Morgan fingerprint density at radius 1 is 1.20 bits per heavy atom. The van der Waals surface area contributed by atoms with Gasteiger partial charge in [-0.05, 0) is 38.5 Å². The van der Waals surface area contributed by atoms with Crippen molar-refractivity contribution in [3.8, 4) is 0 Å². The maximum absolute atomic E-state index is 12.8. The largest absolute Gasteiger partial charge is 0.390 e. The lowest BCUT2D eigenvalue weighted by Crippen LogP contribution is -2.40. The molecule has 2 aliphatic rings. The molecular weight excluding hydrogens is 340 g/mol. The molecule has 0 unspecified atom stereocenters. The fraction of sp³-hybridized carbons (Fsp3) is 0.611. The Bertz CT molecular complexity index is 741. The van der Waals surface area contributed by atoms with E-state index in [1.807, 2.05) is 23.1 Å². The van der Waals surface area contributed by atoms with E-state index >= 15 is 0 Å². The van der Waals surface area contributed by atoms with Gasteiger partial charge in [-0.15, -0.1) is 0 Å². The molecule has 0 aliphatic carbocycles. The van der Waals surface area contributed by atoms with E-state index < -0.39 is 15.4 Å². The molecule has 1 aromatic carbocycles. The molecule has 0 bridgehead atoms. The van der Waals surface area contributed by atoms with Crippen LogP contribution in [0.3, 0.4) is 0 Å². The van der Waals surface area contributed by atoms with Gasteiger partial charge >= 0.3 is 0 Å². The van der Waals surface area contributed by atoms with Gasteiger partial charge in [-0.2, -0.15) is 0 Å². The zero-order chi connectivity index (χ0) is 18.2. The van der Waals surface area contributed by atoms with E-state index in [4.69, 9.17) is 0 Å². The average molecular weight is 366 g/mol. The first-order chi connectivity index (χ1) is 11.7. The molecule has 0 radical (unpaired) electrons. The SMILES string of the molecule is CC(C)(O)[C@@H]1CCN(C(=O)c2cccc(N3CCS(=O)(=O)CC3)c2)C1. The lowest BCUT2D eigenvalue weighted by atomic mass is 9.90. The van der Waals surface area contributed by atoms with Crippen molar-refractivity contribution in [2.45, 2.75) is 25.9 Å². The maximum Gasteiger partial charge on any atom is 0.253 e. The fourth-order valence-corrected chi connectivity index (χ4v) is 4.71.